The Bertz CT molecular complexity index is 227. The second-order valence-electron chi connectivity index (χ2n) is 5.46. The van der Waals surface area contributed by atoms with Crippen LogP contribution in [0.5, 0.6) is 0 Å². The molecule has 2 unspecified atom stereocenters. The smallest absolute Gasteiger partial charge is 0.0702 e. The number of likely N-dealkylation sites (tertiary alicyclic amines) is 1. The first-order chi connectivity index (χ1) is 8.28. The van der Waals surface area contributed by atoms with Gasteiger partial charge in [0, 0.05) is 38.3 Å². The van der Waals surface area contributed by atoms with E-state index in [0.29, 0.717) is 6.10 Å². The average Bonchev–Trinajstić information content (AvgIpc) is 2.79. The van der Waals surface area contributed by atoms with Crippen LogP contribution in [0.3, 0.4) is 0 Å². The van der Waals surface area contributed by atoms with Crippen LogP contribution in [-0.2, 0) is 9.47 Å². The Labute approximate surface area is 104 Å². The number of ether oxygens (including phenoxy) is 2. The van der Waals surface area contributed by atoms with E-state index in [1.54, 1.807) is 0 Å². The molecule has 2 heterocycles. The van der Waals surface area contributed by atoms with Gasteiger partial charge in [0.1, 0.15) is 0 Å². The quantitative estimate of drug-likeness (QED) is 0.776. The van der Waals surface area contributed by atoms with Crippen LogP contribution in [0.2, 0.25) is 0 Å². The Morgan fingerprint density at radius 3 is 3.06 bits per heavy atom. The molecule has 0 amide bonds. The molecular weight excluding hydrogens is 216 g/mol. The van der Waals surface area contributed by atoms with Crippen LogP contribution in [0.15, 0.2) is 0 Å². The topological polar surface area (TPSA) is 47.7 Å². The number of nitrogens with two attached hydrogens (primary N) is 1. The molecule has 2 fully saturated rings. The highest BCUT2D eigenvalue weighted by Crippen LogP contribution is 2.29. The van der Waals surface area contributed by atoms with Crippen LogP contribution in [0.4, 0.5) is 0 Å². The highest BCUT2D eigenvalue weighted by molar-refractivity contribution is 4.89. The molecule has 2 aliphatic rings. The maximum absolute atomic E-state index is 5.94. The van der Waals surface area contributed by atoms with Crippen molar-refractivity contribution in [2.75, 3.05) is 46.0 Å². The first kappa shape index (κ1) is 13.3. The average molecular weight is 242 g/mol. The SMILES string of the molecule is CCOC1CCCN(CC2(CN)CCOC2)C1. The molecule has 0 saturated carbocycles. The van der Waals surface area contributed by atoms with E-state index in [1.165, 1.54) is 19.4 Å². The Hall–Kier alpha value is -0.160. The molecule has 0 spiro atoms. The summed E-state index contributed by atoms with van der Waals surface area (Å²) in [5.41, 5.74) is 6.14. The van der Waals surface area contributed by atoms with Crippen LogP contribution >= 0.6 is 0 Å². The molecule has 0 bridgehead atoms. The molecule has 4 nitrogen and oxygen atoms in total. The van der Waals surface area contributed by atoms with Crippen molar-refractivity contribution in [3.05, 3.63) is 0 Å². The highest BCUT2D eigenvalue weighted by Gasteiger charge is 2.36. The van der Waals surface area contributed by atoms with Gasteiger partial charge in [-0.05, 0) is 32.7 Å². The molecule has 2 rings (SSSR count). The lowest BCUT2D eigenvalue weighted by molar-refractivity contribution is -0.00724. The molecule has 0 aromatic carbocycles. The third-order valence-corrected chi connectivity index (χ3v) is 4.04. The second-order valence-corrected chi connectivity index (χ2v) is 5.46. The van der Waals surface area contributed by atoms with Crippen LogP contribution < -0.4 is 5.73 Å². The summed E-state index contributed by atoms with van der Waals surface area (Å²) in [4.78, 5) is 2.52. The Kier molecular flexibility index (Phi) is 4.79. The molecule has 2 saturated heterocycles. The second kappa shape index (κ2) is 6.14. The fourth-order valence-corrected chi connectivity index (χ4v) is 3.00. The van der Waals surface area contributed by atoms with Gasteiger partial charge in [-0.3, -0.25) is 0 Å². The van der Waals surface area contributed by atoms with Crippen molar-refractivity contribution in [3.63, 3.8) is 0 Å². The normalized spacial score (nSPS) is 35.3. The first-order valence-corrected chi connectivity index (χ1v) is 6.90. The summed E-state index contributed by atoms with van der Waals surface area (Å²) in [6, 6.07) is 0. The van der Waals surface area contributed by atoms with E-state index >= 15 is 0 Å². The maximum Gasteiger partial charge on any atom is 0.0702 e. The van der Waals surface area contributed by atoms with Crippen molar-refractivity contribution in [1.29, 1.82) is 0 Å². The van der Waals surface area contributed by atoms with Crippen LogP contribution in [0.1, 0.15) is 26.2 Å². The molecule has 2 aliphatic heterocycles. The molecule has 4 heteroatoms. The van der Waals surface area contributed by atoms with E-state index in [9.17, 15) is 0 Å². The van der Waals surface area contributed by atoms with Gasteiger partial charge >= 0.3 is 0 Å². The number of hydrogen-bond donors (Lipinski definition) is 1. The molecule has 100 valence electrons. The fourth-order valence-electron chi connectivity index (χ4n) is 3.00. The van der Waals surface area contributed by atoms with E-state index < -0.39 is 0 Å². The van der Waals surface area contributed by atoms with Crippen molar-refractivity contribution in [2.45, 2.75) is 32.3 Å². The molecule has 0 aromatic heterocycles. The molecule has 0 radical (unpaired) electrons. The van der Waals surface area contributed by atoms with E-state index in [2.05, 4.69) is 11.8 Å². The van der Waals surface area contributed by atoms with Crippen LogP contribution in [0.25, 0.3) is 0 Å². The predicted octanol–water partition coefficient (Wildman–Crippen LogP) is 0.853. The maximum atomic E-state index is 5.94. The monoisotopic (exact) mass is 242 g/mol. The van der Waals surface area contributed by atoms with E-state index in [4.69, 9.17) is 15.2 Å². The molecule has 2 N–H and O–H groups in total. The zero-order chi connectivity index (χ0) is 12.1. The summed E-state index contributed by atoms with van der Waals surface area (Å²) in [7, 11) is 0. The van der Waals surface area contributed by atoms with Crippen LogP contribution in [0, 0.1) is 5.41 Å². The minimum atomic E-state index is 0.202. The Morgan fingerprint density at radius 2 is 2.41 bits per heavy atom. The summed E-state index contributed by atoms with van der Waals surface area (Å²) < 4.78 is 11.3. The zero-order valence-electron chi connectivity index (χ0n) is 11.0. The summed E-state index contributed by atoms with van der Waals surface area (Å²) in [6.45, 7) is 8.67. The molecule has 17 heavy (non-hydrogen) atoms. The lowest BCUT2D eigenvalue weighted by Gasteiger charge is -2.38. The van der Waals surface area contributed by atoms with Gasteiger partial charge in [-0.1, -0.05) is 0 Å². The summed E-state index contributed by atoms with van der Waals surface area (Å²) in [5, 5.41) is 0. The van der Waals surface area contributed by atoms with Gasteiger partial charge in [-0.25, -0.2) is 0 Å². The Morgan fingerprint density at radius 1 is 1.53 bits per heavy atom. The van der Waals surface area contributed by atoms with Gasteiger partial charge in [0.2, 0.25) is 0 Å². The van der Waals surface area contributed by atoms with Gasteiger partial charge in [0.15, 0.2) is 0 Å². The standard InChI is InChI=1S/C13H26N2O2/c1-2-17-12-4-3-6-15(8-12)10-13(9-14)5-7-16-11-13/h12H,2-11,14H2,1H3. The van der Waals surface area contributed by atoms with E-state index in [-0.39, 0.29) is 5.41 Å². The lowest BCUT2D eigenvalue weighted by Crippen LogP contribution is -2.48. The minimum Gasteiger partial charge on any atom is -0.381 e. The van der Waals surface area contributed by atoms with Gasteiger partial charge in [-0.2, -0.15) is 0 Å². The summed E-state index contributed by atoms with van der Waals surface area (Å²) in [6.07, 6.45) is 3.98. The number of nitrogens with zero attached hydrogens (tertiary/aromatic N) is 1. The number of piperidine rings is 1. The van der Waals surface area contributed by atoms with Crippen molar-refractivity contribution in [1.82, 2.24) is 4.90 Å². The molecule has 2 atom stereocenters. The zero-order valence-corrected chi connectivity index (χ0v) is 11.0. The van der Waals surface area contributed by atoms with Crippen molar-refractivity contribution < 1.29 is 9.47 Å². The summed E-state index contributed by atoms with van der Waals surface area (Å²) >= 11 is 0. The third-order valence-electron chi connectivity index (χ3n) is 4.04. The van der Waals surface area contributed by atoms with Gasteiger partial charge < -0.3 is 20.1 Å². The predicted molar refractivity (Wildman–Crippen MR) is 68.0 cm³/mol. The minimum absolute atomic E-state index is 0.202. The largest absolute Gasteiger partial charge is 0.381 e. The van der Waals surface area contributed by atoms with E-state index in [0.717, 1.165) is 45.9 Å². The molecule has 0 aromatic rings. The van der Waals surface area contributed by atoms with Gasteiger partial charge in [0.25, 0.3) is 0 Å². The first-order valence-electron chi connectivity index (χ1n) is 6.90. The lowest BCUT2D eigenvalue weighted by atomic mass is 9.86. The van der Waals surface area contributed by atoms with Crippen molar-refractivity contribution in [2.24, 2.45) is 11.1 Å². The van der Waals surface area contributed by atoms with Gasteiger partial charge in [0.05, 0.1) is 12.7 Å². The van der Waals surface area contributed by atoms with Gasteiger partial charge in [-0.15, -0.1) is 0 Å². The highest BCUT2D eigenvalue weighted by atomic mass is 16.5. The van der Waals surface area contributed by atoms with Crippen molar-refractivity contribution >= 4 is 0 Å². The third kappa shape index (κ3) is 3.41. The van der Waals surface area contributed by atoms with Crippen LogP contribution in [-0.4, -0.2) is 57.0 Å². The summed E-state index contributed by atoms with van der Waals surface area (Å²) in [5.74, 6) is 0. The van der Waals surface area contributed by atoms with E-state index in [1.807, 2.05) is 0 Å². The fraction of sp³-hybridized carbons (Fsp3) is 1.00. The number of hydrogen-bond acceptors (Lipinski definition) is 4. The number of rotatable bonds is 5. The Balaban J connectivity index is 1.85. The molecule has 0 aliphatic carbocycles. The van der Waals surface area contributed by atoms with Crippen molar-refractivity contribution in [3.8, 4) is 0 Å². The molecular formula is C13H26N2O2.